The van der Waals surface area contributed by atoms with Crippen molar-refractivity contribution in [3.63, 3.8) is 0 Å². The molecular formula is C24H29N3O4S. The van der Waals surface area contributed by atoms with Crippen LogP contribution < -0.4 is 4.72 Å². The van der Waals surface area contributed by atoms with Crippen molar-refractivity contribution in [1.29, 1.82) is 5.26 Å². The lowest BCUT2D eigenvalue weighted by atomic mass is 9.89. The van der Waals surface area contributed by atoms with Crippen molar-refractivity contribution in [1.82, 2.24) is 4.90 Å². The normalized spacial score (nSPS) is 14.7. The Kier molecular flexibility index (Phi) is 7.89. The zero-order valence-corrected chi connectivity index (χ0v) is 19.3. The third kappa shape index (κ3) is 6.09. The van der Waals surface area contributed by atoms with E-state index < -0.39 is 10.0 Å². The number of methoxy groups -OCH3 is 1. The molecule has 0 bridgehead atoms. The summed E-state index contributed by atoms with van der Waals surface area (Å²) in [5.41, 5.74) is 3.50. The molecule has 3 rings (SSSR count). The molecule has 1 amide bonds. The highest BCUT2D eigenvalue weighted by molar-refractivity contribution is 7.92. The first-order chi connectivity index (χ1) is 15.3. The lowest BCUT2D eigenvalue weighted by Crippen LogP contribution is -2.38. The average Bonchev–Trinajstić information content (AvgIpc) is 2.80. The van der Waals surface area contributed by atoms with Crippen LogP contribution in [0.3, 0.4) is 0 Å². The van der Waals surface area contributed by atoms with Gasteiger partial charge >= 0.3 is 0 Å². The van der Waals surface area contributed by atoms with E-state index in [4.69, 9.17) is 10.00 Å². The summed E-state index contributed by atoms with van der Waals surface area (Å²) in [7, 11) is -1.98. The third-order valence-electron chi connectivity index (χ3n) is 5.80. The van der Waals surface area contributed by atoms with E-state index in [1.165, 1.54) is 12.7 Å². The number of rotatable bonds is 8. The van der Waals surface area contributed by atoms with Gasteiger partial charge in [-0.2, -0.15) is 5.26 Å². The molecule has 1 fully saturated rings. The number of carbonyl (C=O) groups is 1. The van der Waals surface area contributed by atoms with Crippen LogP contribution in [-0.2, 0) is 14.8 Å². The Morgan fingerprint density at radius 2 is 1.88 bits per heavy atom. The van der Waals surface area contributed by atoms with E-state index in [0.29, 0.717) is 48.8 Å². The van der Waals surface area contributed by atoms with E-state index in [1.54, 1.807) is 18.2 Å². The maximum Gasteiger partial charge on any atom is 0.253 e. The van der Waals surface area contributed by atoms with Gasteiger partial charge in [0.25, 0.3) is 5.91 Å². The summed E-state index contributed by atoms with van der Waals surface area (Å²) in [4.78, 5) is 14.9. The fraction of sp³-hybridized carbons (Fsp3) is 0.417. The molecule has 1 saturated heterocycles. The largest absolute Gasteiger partial charge is 0.385 e. The molecule has 2 aromatic carbocycles. The molecule has 2 aromatic rings. The van der Waals surface area contributed by atoms with Gasteiger partial charge in [-0.15, -0.1) is 0 Å². The van der Waals surface area contributed by atoms with Gasteiger partial charge in [0.1, 0.15) is 0 Å². The molecule has 0 aliphatic carbocycles. The molecule has 0 unspecified atom stereocenters. The highest BCUT2D eigenvalue weighted by Crippen LogP contribution is 2.29. The van der Waals surface area contributed by atoms with Gasteiger partial charge < -0.3 is 9.64 Å². The zero-order valence-electron chi connectivity index (χ0n) is 18.5. The fourth-order valence-electron chi connectivity index (χ4n) is 3.91. The number of nitrogens with one attached hydrogen (secondary N) is 1. The molecule has 1 N–H and O–H groups in total. The van der Waals surface area contributed by atoms with Crippen molar-refractivity contribution < 1.29 is 17.9 Å². The fourth-order valence-corrected chi connectivity index (χ4v) is 5.06. The topological polar surface area (TPSA) is 99.5 Å². The molecule has 7 nitrogen and oxygen atoms in total. The van der Waals surface area contributed by atoms with Crippen molar-refractivity contribution in [2.45, 2.75) is 32.1 Å². The van der Waals surface area contributed by atoms with Crippen molar-refractivity contribution in [3.05, 3.63) is 64.7 Å². The van der Waals surface area contributed by atoms with E-state index in [9.17, 15) is 13.2 Å². The van der Waals surface area contributed by atoms with Gasteiger partial charge in [0, 0.05) is 32.4 Å². The monoisotopic (exact) mass is 455 g/mol. The van der Waals surface area contributed by atoms with Crippen molar-refractivity contribution in [2.75, 3.05) is 37.3 Å². The molecule has 0 spiro atoms. The van der Waals surface area contributed by atoms with Crippen molar-refractivity contribution in [2.24, 2.45) is 0 Å². The Bertz CT molecular complexity index is 1080. The number of hydrogen-bond donors (Lipinski definition) is 1. The van der Waals surface area contributed by atoms with Gasteiger partial charge in [-0.05, 0) is 67.5 Å². The Hall–Kier alpha value is -2.89. The number of piperidine rings is 1. The predicted octanol–water partition coefficient (Wildman–Crippen LogP) is 3.66. The number of ether oxygens (including phenoxy) is 1. The quantitative estimate of drug-likeness (QED) is 0.613. The number of sulfonamides is 1. The molecule has 1 aliphatic heterocycles. The summed E-state index contributed by atoms with van der Waals surface area (Å²) in [6.07, 6.45) is 2.10. The summed E-state index contributed by atoms with van der Waals surface area (Å²) in [6, 6.07) is 14.9. The molecule has 0 atom stereocenters. The lowest BCUT2D eigenvalue weighted by Gasteiger charge is -2.32. The molecule has 8 heteroatoms. The minimum absolute atomic E-state index is 0.0404. The summed E-state index contributed by atoms with van der Waals surface area (Å²) in [5, 5.41) is 8.95. The van der Waals surface area contributed by atoms with E-state index in [2.05, 4.69) is 10.8 Å². The molecule has 1 heterocycles. The number of nitriles is 1. The van der Waals surface area contributed by atoms with Crippen LogP contribution in [0.5, 0.6) is 0 Å². The highest BCUT2D eigenvalue weighted by Gasteiger charge is 2.25. The number of anilines is 1. The molecule has 0 aromatic heterocycles. The van der Waals surface area contributed by atoms with Crippen LogP contribution in [0.15, 0.2) is 42.5 Å². The number of benzene rings is 2. The third-order valence-corrected chi connectivity index (χ3v) is 7.16. The summed E-state index contributed by atoms with van der Waals surface area (Å²) >= 11 is 0. The van der Waals surface area contributed by atoms with E-state index >= 15 is 0 Å². The Balaban J connectivity index is 1.64. The zero-order chi connectivity index (χ0) is 23.1. The Morgan fingerprint density at radius 3 is 2.50 bits per heavy atom. The minimum atomic E-state index is -3.51. The van der Waals surface area contributed by atoms with E-state index in [0.717, 1.165) is 18.4 Å². The first-order valence-corrected chi connectivity index (χ1v) is 12.4. The van der Waals surface area contributed by atoms with Crippen molar-refractivity contribution >= 4 is 21.6 Å². The first-order valence-electron chi connectivity index (χ1n) is 10.7. The standard InChI is InChI=1S/C24H29N3O4S/c1-18-4-7-22(16-23(18)26-32(29,30)15-3-14-31-2)24(28)27-12-10-21(11-13-27)20-8-5-19(17-25)6-9-20/h4-9,16,21,26H,3,10-15H2,1-2H3. The van der Waals surface area contributed by atoms with E-state index in [1.807, 2.05) is 36.1 Å². The number of hydrogen-bond acceptors (Lipinski definition) is 5. The van der Waals surface area contributed by atoms with Gasteiger partial charge in [-0.25, -0.2) is 8.42 Å². The smallest absolute Gasteiger partial charge is 0.253 e. The van der Waals surface area contributed by atoms with Crippen LogP contribution in [0.4, 0.5) is 5.69 Å². The average molecular weight is 456 g/mol. The molecule has 1 aliphatic rings. The van der Waals surface area contributed by atoms with Gasteiger partial charge in [-0.1, -0.05) is 18.2 Å². The second-order valence-corrected chi connectivity index (χ2v) is 9.94. The summed E-state index contributed by atoms with van der Waals surface area (Å²) < 4.78 is 32.2. The van der Waals surface area contributed by atoms with Crippen LogP contribution in [0.25, 0.3) is 0 Å². The summed E-state index contributed by atoms with van der Waals surface area (Å²) in [5.74, 6) is 0.226. The van der Waals surface area contributed by atoms with Crippen LogP contribution in [0, 0.1) is 18.3 Å². The van der Waals surface area contributed by atoms with Crippen LogP contribution in [0.2, 0.25) is 0 Å². The second-order valence-electron chi connectivity index (χ2n) is 8.10. The first kappa shape index (κ1) is 23.8. The minimum Gasteiger partial charge on any atom is -0.385 e. The Labute approximate surface area is 190 Å². The number of aryl methyl sites for hydroxylation is 1. The molecule has 0 saturated carbocycles. The Morgan fingerprint density at radius 1 is 1.19 bits per heavy atom. The van der Waals surface area contributed by atoms with Gasteiger partial charge in [0.15, 0.2) is 0 Å². The van der Waals surface area contributed by atoms with Crippen LogP contribution >= 0.6 is 0 Å². The number of amides is 1. The summed E-state index contributed by atoms with van der Waals surface area (Å²) in [6.45, 7) is 3.45. The highest BCUT2D eigenvalue weighted by atomic mass is 32.2. The molecule has 170 valence electrons. The number of carbonyl (C=O) groups excluding carboxylic acids is 1. The van der Waals surface area contributed by atoms with Gasteiger partial charge in [0.05, 0.1) is 23.1 Å². The SMILES string of the molecule is COCCCS(=O)(=O)Nc1cc(C(=O)N2CCC(c3ccc(C#N)cc3)CC2)ccc1C. The number of nitrogens with zero attached hydrogens (tertiary/aromatic N) is 2. The predicted molar refractivity (Wildman–Crippen MR) is 124 cm³/mol. The maximum absolute atomic E-state index is 13.1. The van der Waals surface area contributed by atoms with Gasteiger partial charge in [-0.3, -0.25) is 9.52 Å². The van der Waals surface area contributed by atoms with Crippen LogP contribution in [-0.4, -0.2) is 51.8 Å². The van der Waals surface area contributed by atoms with Crippen molar-refractivity contribution in [3.8, 4) is 6.07 Å². The lowest BCUT2D eigenvalue weighted by molar-refractivity contribution is 0.0713. The van der Waals surface area contributed by atoms with Gasteiger partial charge in [0.2, 0.25) is 10.0 Å². The number of likely N-dealkylation sites (tertiary alicyclic amines) is 1. The second kappa shape index (κ2) is 10.6. The van der Waals surface area contributed by atoms with Crippen LogP contribution in [0.1, 0.15) is 52.2 Å². The maximum atomic E-state index is 13.1. The molecule has 32 heavy (non-hydrogen) atoms. The molecular weight excluding hydrogens is 426 g/mol. The van der Waals surface area contributed by atoms with E-state index in [-0.39, 0.29) is 11.7 Å². The molecule has 0 radical (unpaired) electrons.